The summed E-state index contributed by atoms with van der Waals surface area (Å²) < 4.78 is 9.96. The maximum absolute atomic E-state index is 12.4. The van der Waals surface area contributed by atoms with Crippen molar-refractivity contribution in [2.75, 3.05) is 14.2 Å². The molecule has 4 nitrogen and oxygen atoms in total. The quantitative estimate of drug-likeness (QED) is 0.721. The number of thioether (sulfide) groups is 2. The second-order valence-electron chi connectivity index (χ2n) is 5.24. The molecule has 6 heteroatoms. The molecule has 2 aromatic carbocycles. The van der Waals surface area contributed by atoms with Gasteiger partial charge in [0.1, 0.15) is 9.81 Å². The molecule has 0 fully saturated rings. The standard InChI is InChI=1S/C20H16O4S2/c1-23-19(21)17-15(13-9-5-3-6-10-13)26-18(20(22)24-2)16(25-17)14-11-7-4-8-12-14/h3-12H,1-2H3. The largest absolute Gasteiger partial charge is 0.465 e. The fourth-order valence-electron chi connectivity index (χ4n) is 2.40. The molecule has 26 heavy (non-hydrogen) atoms. The average molecular weight is 384 g/mol. The fraction of sp³-hybridized carbons (Fsp3) is 0.100. The van der Waals surface area contributed by atoms with Gasteiger partial charge in [-0.05, 0) is 11.1 Å². The molecule has 3 rings (SSSR count). The van der Waals surface area contributed by atoms with Crippen molar-refractivity contribution >= 4 is 45.3 Å². The molecule has 0 aromatic heterocycles. The van der Waals surface area contributed by atoms with Crippen LogP contribution in [0.4, 0.5) is 0 Å². The first-order valence-corrected chi connectivity index (χ1v) is 9.40. The summed E-state index contributed by atoms with van der Waals surface area (Å²) >= 11 is 2.47. The molecule has 1 aliphatic rings. The number of ether oxygens (including phenoxy) is 2. The first kappa shape index (κ1) is 18.4. The van der Waals surface area contributed by atoms with Crippen LogP contribution in [0.5, 0.6) is 0 Å². The summed E-state index contributed by atoms with van der Waals surface area (Å²) in [5.74, 6) is -0.864. The Morgan fingerprint density at radius 3 is 1.31 bits per heavy atom. The maximum Gasteiger partial charge on any atom is 0.345 e. The molecule has 0 N–H and O–H groups in total. The minimum Gasteiger partial charge on any atom is -0.465 e. The molecule has 1 heterocycles. The molecule has 0 amide bonds. The summed E-state index contributed by atoms with van der Waals surface area (Å²) in [5, 5.41) is 0. The van der Waals surface area contributed by atoms with Crippen molar-refractivity contribution in [3.05, 3.63) is 81.6 Å². The van der Waals surface area contributed by atoms with Gasteiger partial charge in [0.2, 0.25) is 0 Å². The molecule has 0 aliphatic carbocycles. The van der Waals surface area contributed by atoms with Crippen molar-refractivity contribution in [3.8, 4) is 0 Å². The number of benzene rings is 2. The lowest BCUT2D eigenvalue weighted by molar-refractivity contribution is -0.136. The van der Waals surface area contributed by atoms with Crippen LogP contribution >= 0.6 is 23.5 Å². The van der Waals surface area contributed by atoms with E-state index in [0.29, 0.717) is 19.6 Å². The molecule has 0 bridgehead atoms. The van der Waals surface area contributed by atoms with Crippen LogP contribution in [0.15, 0.2) is 70.5 Å². The number of carbonyl (C=O) groups is 2. The van der Waals surface area contributed by atoms with Gasteiger partial charge in [0.25, 0.3) is 0 Å². The van der Waals surface area contributed by atoms with Crippen LogP contribution < -0.4 is 0 Å². The summed E-state index contributed by atoms with van der Waals surface area (Å²) in [6.45, 7) is 0. The van der Waals surface area contributed by atoms with E-state index in [4.69, 9.17) is 9.47 Å². The Labute approximate surface area is 160 Å². The second kappa shape index (κ2) is 8.29. The van der Waals surface area contributed by atoms with E-state index in [1.54, 1.807) is 0 Å². The van der Waals surface area contributed by atoms with Gasteiger partial charge in [0.05, 0.1) is 14.2 Å². The van der Waals surface area contributed by atoms with E-state index in [2.05, 4.69) is 0 Å². The number of hydrogen-bond donors (Lipinski definition) is 0. The highest BCUT2D eigenvalue weighted by atomic mass is 32.2. The molecule has 0 spiro atoms. The van der Waals surface area contributed by atoms with Crippen LogP contribution in [0.1, 0.15) is 11.1 Å². The van der Waals surface area contributed by atoms with Crippen molar-refractivity contribution in [1.82, 2.24) is 0 Å². The number of esters is 2. The normalized spacial score (nSPS) is 14.2. The van der Waals surface area contributed by atoms with E-state index in [9.17, 15) is 9.59 Å². The van der Waals surface area contributed by atoms with Gasteiger partial charge < -0.3 is 9.47 Å². The Hall–Kier alpha value is -2.44. The zero-order valence-corrected chi connectivity index (χ0v) is 15.9. The third-order valence-corrected chi connectivity index (χ3v) is 6.33. The minimum atomic E-state index is -0.432. The lowest BCUT2D eigenvalue weighted by atomic mass is 10.2. The molecular formula is C20H16O4S2. The van der Waals surface area contributed by atoms with Gasteiger partial charge in [-0.3, -0.25) is 0 Å². The van der Waals surface area contributed by atoms with Gasteiger partial charge in [-0.1, -0.05) is 84.2 Å². The Balaban J connectivity index is 2.15. The summed E-state index contributed by atoms with van der Waals surface area (Å²) in [4.78, 5) is 27.1. The SMILES string of the molecule is COC(=O)C1=C(c2ccccc2)SC(C(=O)OC)=C(c2ccccc2)S1. The Morgan fingerprint density at radius 1 is 0.654 bits per heavy atom. The molecule has 0 unspecified atom stereocenters. The van der Waals surface area contributed by atoms with Crippen molar-refractivity contribution in [2.45, 2.75) is 0 Å². The smallest absolute Gasteiger partial charge is 0.345 e. The number of hydrogen-bond acceptors (Lipinski definition) is 6. The summed E-state index contributed by atoms with van der Waals surface area (Å²) in [5.41, 5.74) is 1.69. The van der Waals surface area contributed by atoms with E-state index in [-0.39, 0.29) is 0 Å². The van der Waals surface area contributed by atoms with Crippen LogP contribution in [-0.2, 0) is 19.1 Å². The first-order chi connectivity index (χ1) is 12.7. The van der Waals surface area contributed by atoms with Gasteiger partial charge in [0, 0.05) is 9.81 Å². The lowest BCUT2D eigenvalue weighted by Gasteiger charge is -2.23. The van der Waals surface area contributed by atoms with Gasteiger partial charge in [0.15, 0.2) is 0 Å². The van der Waals surface area contributed by atoms with Gasteiger partial charge in [-0.2, -0.15) is 0 Å². The molecule has 0 atom stereocenters. The first-order valence-electron chi connectivity index (χ1n) is 7.77. The predicted octanol–water partition coefficient (Wildman–Crippen LogP) is 4.55. The van der Waals surface area contributed by atoms with E-state index in [1.807, 2.05) is 60.7 Å². The molecule has 0 radical (unpaired) electrons. The highest BCUT2D eigenvalue weighted by Gasteiger charge is 2.32. The van der Waals surface area contributed by atoms with Crippen molar-refractivity contribution in [1.29, 1.82) is 0 Å². The summed E-state index contributed by atoms with van der Waals surface area (Å²) in [6.07, 6.45) is 0. The topological polar surface area (TPSA) is 52.6 Å². The van der Waals surface area contributed by atoms with Crippen LogP contribution in [-0.4, -0.2) is 26.2 Å². The molecule has 2 aromatic rings. The monoisotopic (exact) mass is 384 g/mol. The van der Waals surface area contributed by atoms with Crippen LogP contribution in [0, 0.1) is 0 Å². The molecule has 132 valence electrons. The Bertz CT molecular complexity index is 811. The fourth-order valence-corrected chi connectivity index (χ4v) is 4.93. The zero-order valence-electron chi connectivity index (χ0n) is 14.2. The second-order valence-corrected chi connectivity index (χ2v) is 7.28. The minimum absolute atomic E-state index is 0.432. The van der Waals surface area contributed by atoms with E-state index >= 15 is 0 Å². The number of rotatable bonds is 4. The number of carbonyl (C=O) groups excluding carboxylic acids is 2. The van der Waals surface area contributed by atoms with Crippen LogP contribution in [0.25, 0.3) is 9.81 Å². The highest BCUT2D eigenvalue weighted by molar-refractivity contribution is 8.20. The molecule has 1 aliphatic heterocycles. The van der Waals surface area contributed by atoms with Crippen molar-refractivity contribution < 1.29 is 19.1 Å². The lowest BCUT2D eigenvalue weighted by Crippen LogP contribution is -2.12. The number of methoxy groups -OCH3 is 2. The molecule has 0 saturated carbocycles. The van der Waals surface area contributed by atoms with Gasteiger partial charge in [-0.25, -0.2) is 9.59 Å². The van der Waals surface area contributed by atoms with E-state index < -0.39 is 11.9 Å². The van der Waals surface area contributed by atoms with Crippen LogP contribution in [0.2, 0.25) is 0 Å². The van der Waals surface area contributed by atoms with Crippen molar-refractivity contribution in [2.24, 2.45) is 0 Å². The van der Waals surface area contributed by atoms with Gasteiger partial charge >= 0.3 is 11.9 Å². The summed E-state index contributed by atoms with van der Waals surface area (Å²) in [6, 6.07) is 18.9. The van der Waals surface area contributed by atoms with Crippen molar-refractivity contribution in [3.63, 3.8) is 0 Å². The van der Waals surface area contributed by atoms with E-state index in [1.165, 1.54) is 37.7 Å². The van der Waals surface area contributed by atoms with Crippen LogP contribution in [0.3, 0.4) is 0 Å². The van der Waals surface area contributed by atoms with E-state index in [0.717, 1.165) is 11.1 Å². The Morgan fingerprint density at radius 2 is 1.00 bits per heavy atom. The predicted molar refractivity (Wildman–Crippen MR) is 106 cm³/mol. The molecule has 0 saturated heterocycles. The summed E-state index contributed by atoms with van der Waals surface area (Å²) in [7, 11) is 2.70. The Kier molecular flexibility index (Phi) is 5.85. The molecular weight excluding hydrogens is 368 g/mol. The van der Waals surface area contributed by atoms with Gasteiger partial charge in [-0.15, -0.1) is 0 Å². The maximum atomic E-state index is 12.4. The third-order valence-electron chi connectivity index (χ3n) is 3.63. The highest BCUT2D eigenvalue weighted by Crippen LogP contribution is 2.53. The zero-order chi connectivity index (χ0) is 18.5. The average Bonchev–Trinajstić information content (AvgIpc) is 2.73. The third kappa shape index (κ3) is 3.71.